The van der Waals surface area contributed by atoms with Crippen molar-refractivity contribution in [2.45, 2.75) is 0 Å². The van der Waals surface area contributed by atoms with Crippen LogP contribution in [0, 0.1) is 0 Å². The Morgan fingerprint density at radius 3 is 2.53 bits per heavy atom. The second-order valence-electron chi connectivity index (χ2n) is 2.89. The van der Waals surface area contributed by atoms with Crippen LogP contribution in [0.25, 0.3) is 0 Å². The minimum atomic E-state index is -0.308. The summed E-state index contributed by atoms with van der Waals surface area (Å²) in [5, 5.41) is 0. The van der Waals surface area contributed by atoms with Crippen LogP contribution in [0.4, 0.5) is 0 Å². The van der Waals surface area contributed by atoms with Crippen molar-refractivity contribution in [2.24, 2.45) is 0 Å². The van der Waals surface area contributed by atoms with Gasteiger partial charge in [-0.05, 0) is 18.2 Å². The van der Waals surface area contributed by atoms with Crippen molar-refractivity contribution >= 4 is 5.97 Å². The zero-order valence-corrected chi connectivity index (χ0v) is 8.68. The molecule has 0 aliphatic heterocycles. The second kappa shape index (κ2) is 6.79. The standard InChI is InChI=1S/C12H14O3/c1-14-9-5-6-10-15-12(13)11-7-3-2-4-8-11/h2-8H,9-10H2,1H3. The molecule has 0 fully saturated rings. The van der Waals surface area contributed by atoms with Gasteiger partial charge in [-0.25, -0.2) is 4.79 Å². The predicted molar refractivity (Wildman–Crippen MR) is 57.7 cm³/mol. The molecule has 0 unspecified atom stereocenters. The van der Waals surface area contributed by atoms with Crippen LogP contribution in [0.2, 0.25) is 0 Å². The van der Waals surface area contributed by atoms with Crippen LogP contribution in [0.15, 0.2) is 42.5 Å². The Bertz CT molecular complexity index is 317. The molecule has 0 bridgehead atoms. The molecule has 0 radical (unpaired) electrons. The fraction of sp³-hybridized carbons (Fsp3) is 0.250. The molecule has 0 N–H and O–H groups in total. The summed E-state index contributed by atoms with van der Waals surface area (Å²) >= 11 is 0. The number of carbonyl (C=O) groups excluding carboxylic acids is 1. The molecule has 0 saturated carbocycles. The van der Waals surface area contributed by atoms with Gasteiger partial charge in [-0.3, -0.25) is 0 Å². The average Bonchev–Trinajstić information content (AvgIpc) is 2.30. The van der Waals surface area contributed by atoms with E-state index in [4.69, 9.17) is 9.47 Å². The van der Waals surface area contributed by atoms with Crippen molar-refractivity contribution in [1.29, 1.82) is 0 Å². The van der Waals surface area contributed by atoms with E-state index in [9.17, 15) is 4.79 Å². The fourth-order valence-electron chi connectivity index (χ4n) is 1.01. The van der Waals surface area contributed by atoms with E-state index in [1.807, 2.05) is 6.07 Å². The molecule has 0 spiro atoms. The molecule has 0 atom stereocenters. The molecule has 80 valence electrons. The number of hydrogen-bond donors (Lipinski definition) is 0. The lowest BCUT2D eigenvalue weighted by atomic mass is 10.2. The van der Waals surface area contributed by atoms with Crippen molar-refractivity contribution < 1.29 is 14.3 Å². The van der Waals surface area contributed by atoms with Gasteiger partial charge in [0, 0.05) is 7.11 Å². The Morgan fingerprint density at radius 2 is 1.87 bits per heavy atom. The van der Waals surface area contributed by atoms with Gasteiger partial charge in [0.25, 0.3) is 0 Å². The number of benzene rings is 1. The zero-order valence-electron chi connectivity index (χ0n) is 8.68. The van der Waals surface area contributed by atoms with Gasteiger partial charge in [0.2, 0.25) is 0 Å². The van der Waals surface area contributed by atoms with E-state index in [-0.39, 0.29) is 12.6 Å². The van der Waals surface area contributed by atoms with Gasteiger partial charge in [0.1, 0.15) is 6.61 Å². The number of rotatable bonds is 5. The number of ether oxygens (including phenoxy) is 2. The van der Waals surface area contributed by atoms with E-state index in [2.05, 4.69) is 0 Å². The Balaban J connectivity index is 2.31. The van der Waals surface area contributed by atoms with Gasteiger partial charge in [0.15, 0.2) is 0 Å². The normalized spacial score (nSPS) is 10.5. The maximum Gasteiger partial charge on any atom is 0.338 e. The Labute approximate surface area is 89.3 Å². The van der Waals surface area contributed by atoms with Gasteiger partial charge >= 0.3 is 5.97 Å². The molecule has 0 amide bonds. The molecular formula is C12H14O3. The lowest BCUT2D eigenvalue weighted by Gasteiger charge is -2.00. The molecule has 0 aromatic heterocycles. The van der Waals surface area contributed by atoms with Crippen molar-refractivity contribution in [3.8, 4) is 0 Å². The average molecular weight is 206 g/mol. The third-order valence-corrected chi connectivity index (χ3v) is 1.75. The van der Waals surface area contributed by atoms with Crippen molar-refractivity contribution in [1.82, 2.24) is 0 Å². The minimum Gasteiger partial charge on any atom is -0.458 e. The molecular weight excluding hydrogens is 192 g/mol. The Hall–Kier alpha value is -1.61. The van der Waals surface area contributed by atoms with E-state index in [0.29, 0.717) is 12.2 Å². The Kier molecular flexibility index (Phi) is 5.19. The minimum absolute atomic E-state index is 0.275. The highest BCUT2D eigenvalue weighted by Crippen LogP contribution is 2.00. The molecule has 3 nitrogen and oxygen atoms in total. The highest BCUT2D eigenvalue weighted by atomic mass is 16.5. The van der Waals surface area contributed by atoms with E-state index < -0.39 is 0 Å². The molecule has 0 heterocycles. The molecule has 0 saturated heterocycles. The monoisotopic (exact) mass is 206 g/mol. The lowest BCUT2D eigenvalue weighted by Crippen LogP contribution is -2.04. The SMILES string of the molecule is COCC=CCOC(=O)c1ccccc1. The summed E-state index contributed by atoms with van der Waals surface area (Å²) < 4.78 is 9.80. The number of methoxy groups -OCH3 is 1. The zero-order chi connectivity index (χ0) is 10.9. The van der Waals surface area contributed by atoms with E-state index in [1.165, 1.54) is 0 Å². The van der Waals surface area contributed by atoms with Crippen LogP contribution in [0.3, 0.4) is 0 Å². The van der Waals surface area contributed by atoms with Gasteiger partial charge in [0.05, 0.1) is 12.2 Å². The maximum atomic E-state index is 11.4. The second-order valence-corrected chi connectivity index (χ2v) is 2.89. The van der Waals surface area contributed by atoms with Gasteiger partial charge < -0.3 is 9.47 Å². The molecule has 1 aromatic rings. The summed E-state index contributed by atoms with van der Waals surface area (Å²) in [6, 6.07) is 8.91. The van der Waals surface area contributed by atoms with Crippen LogP contribution in [0.1, 0.15) is 10.4 Å². The van der Waals surface area contributed by atoms with Crippen molar-refractivity contribution in [3.63, 3.8) is 0 Å². The van der Waals surface area contributed by atoms with Gasteiger partial charge in [-0.2, -0.15) is 0 Å². The Morgan fingerprint density at radius 1 is 1.20 bits per heavy atom. The van der Waals surface area contributed by atoms with E-state index in [1.54, 1.807) is 43.5 Å². The van der Waals surface area contributed by atoms with E-state index in [0.717, 1.165) is 0 Å². The first-order valence-corrected chi connectivity index (χ1v) is 4.70. The van der Waals surface area contributed by atoms with Crippen LogP contribution >= 0.6 is 0 Å². The summed E-state index contributed by atoms with van der Waals surface area (Å²) in [6.45, 7) is 0.806. The molecule has 0 aliphatic carbocycles. The highest BCUT2D eigenvalue weighted by Gasteiger charge is 2.03. The molecule has 1 rings (SSSR count). The fourth-order valence-corrected chi connectivity index (χ4v) is 1.01. The molecule has 3 heteroatoms. The van der Waals surface area contributed by atoms with Crippen molar-refractivity contribution in [3.05, 3.63) is 48.0 Å². The first-order chi connectivity index (χ1) is 7.34. The summed E-state index contributed by atoms with van der Waals surface area (Å²) in [4.78, 5) is 11.4. The lowest BCUT2D eigenvalue weighted by molar-refractivity contribution is 0.0549. The number of carbonyl (C=O) groups is 1. The summed E-state index contributed by atoms with van der Waals surface area (Å²) in [6.07, 6.45) is 3.56. The summed E-state index contributed by atoms with van der Waals surface area (Å²) in [5.41, 5.74) is 0.567. The first kappa shape index (κ1) is 11.5. The van der Waals surface area contributed by atoms with Crippen LogP contribution < -0.4 is 0 Å². The smallest absolute Gasteiger partial charge is 0.338 e. The van der Waals surface area contributed by atoms with E-state index >= 15 is 0 Å². The third-order valence-electron chi connectivity index (χ3n) is 1.75. The first-order valence-electron chi connectivity index (χ1n) is 4.70. The number of esters is 1. The number of hydrogen-bond acceptors (Lipinski definition) is 3. The largest absolute Gasteiger partial charge is 0.458 e. The topological polar surface area (TPSA) is 35.5 Å². The predicted octanol–water partition coefficient (Wildman–Crippen LogP) is 2.05. The quantitative estimate of drug-likeness (QED) is 0.546. The van der Waals surface area contributed by atoms with Gasteiger partial charge in [-0.1, -0.05) is 24.3 Å². The molecule has 0 aliphatic rings. The molecule has 15 heavy (non-hydrogen) atoms. The van der Waals surface area contributed by atoms with Crippen molar-refractivity contribution in [2.75, 3.05) is 20.3 Å². The summed E-state index contributed by atoms with van der Waals surface area (Å²) in [5.74, 6) is -0.308. The molecule has 1 aromatic carbocycles. The third kappa shape index (κ3) is 4.42. The van der Waals surface area contributed by atoms with Crippen LogP contribution in [0.5, 0.6) is 0 Å². The summed E-state index contributed by atoms with van der Waals surface area (Å²) in [7, 11) is 1.61. The maximum absolute atomic E-state index is 11.4. The van der Waals surface area contributed by atoms with Gasteiger partial charge in [-0.15, -0.1) is 0 Å². The van der Waals surface area contributed by atoms with Crippen LogP contribution in [-0.4, -0.2) is 26.3 Å². The highest BCUT2D eigenvalue weighted by molar-refractivity contribution is 5.89. The van der Waals surface area contributed by atoms with Crippen LogP contribution in [-0.2, 0) is 9.47 Å².